The van der Waals surface area contributed by atoms with Gasteiger partial charge in [-0.1, -0.05) is 19.4 Å². The lowest BCUT2D eigenvalue weighted by atomic mass is 9.78. The summed E-state index contributed by atoms with van der Waals surface area (Å²) in [5.74, 6) is -4.06. The van der Waals surface area contributed by atoms with Crippen LogP contribution in [0.4, 0.5) is 22.0 Å². The topological polar surface area (TPSA) is 0 Å². The number of hydrogen-bond donors (Lipinski definition) is 0. The van der Waals surface area contributed by atoms with Gasteiger partial charge < -0.3 is 0 Å². The minimum absolute atomic E-state index is 0.0657. The zero-order valence-corrected chi connectivity index (χ0v) is 17.3. The Balaban J connectivity index is 1.62. The highest BCUT2D eigenvalue weighted by Crippen LogP contribution is 2.38. The molecule has 1 aliphatic carbocycles. The molecule has 0 amide bonds. The minimum atomic E-state index is -1.04. The Hall–Kier alpha value is -2.69. The van der Waals surface area contributed by atoms with E-state index in [9.17, 15) is 22.0 Å². The van der Waals surface area contributed by atoms with Crippen LogP contribution in [0.2, 0.25) is 0 Å². The van der Waals surface area contributed by atoms with Crippen LogP contribution in [0.25, 0.3) is 11.1 Å². The number of halogens is 5. The van der Waals surface area contributed by atoms with Crippen molar-refractivity contribution < 1.29 is 22.0 Å². The summed E-state index contributed by atoms with van der Waals surface area (Å²) >= 11 is 0. The summed E-state index contributed by atoms with van der Waals surface area (Å²) in [5.41, 5.74) is 2.71. The lowest BCUT2D eigenvalue weighted by molar-refractivity contribution is 0.488. The van der Waals surface area contributed by atoms with Crippen molar-refractivity contribution in [3.63, 3.8) is 0 Å². The van der Waals surface area contributed by atoms with Gasteiger partial charge in [0.1, 0.15) is 17.5 Å². The lowest BCUT2D eigenvalue weighted by Gasteiger charge is -2.26. The summed E-state index contributed by atoms with van der Waals surface area (Å²) in [5, 5.41) is 0. The van der Waals surface area contributed by atoms with E-state index in [1.165, 1.54) is 24.3 Å². The van der Waals surface area contributed by atoms with E-state index in [1.807, 2.05) is 6.92 Å². The SMILES string of the molecule is CCCCc1cc(F)c(C2CCc3cc(-c4ccc(F)c(F)c4)c(F)cc3C2)c(F)c1. The molecular weight excluding hydrogens is 407 g/mol. The number of fused-ring (bicyclic) bond motifs is 1. The third-order valence-electron chi connectivity index (χ3n) is 6.11. The second kappa shape index (κ2) is 8.81. The normalized spacial score (nSPS) is 15.7. The molecule has 0 nitrogen and oxygen atoms in total. The average Bonchev–Trinajstić information content (AvgIpc) is 2.73. The minimum Gasteiger partial charge on any atom is -0.207 e. The van der Waals surface area contributed by atoms with Crippen molar-refractivity contribution in [2.75, 3.05) is 0 Å². The average molecular weight is 430 g/mol. The number of unbranched alkanes of at least 4 members (excludes halogenated alkanes) is 1. The highest BCUT2D eigenvalue weighted by Gasteiger charge is 2.27. The van der Waals surface area contributed by atoms with Crippen molar-refractivity contribution in [2.24, 2.45) is 0 Å². The van der Waals surface area contributed by atoms with E-state index in [1.54, 1.807) is 6.07 Å². The quantitative estimate of drug-likeness (QED) is 0.365. The predicted octanol–water partition coefficient (Wildman–Crippen LogP) is 7.66. The fraction of sp³-hybridized carbons (Fsp3) is 0.308. The zero-order chi connectivity index (χ0) is 22.1. The summed E-state index contributed by atoms with van der Waals surface area (Å²) in [7, 11) is 0. The van der Waals surface area contributed by atoms with E-state index in [0.29, 0.717) is 36.8 Å². The Labute approximate surface area is 178 Å². The monoisotopic (exact) mass is 430 g/mol. The van der Waals surface area contributed by atoms with Crippen LogP contribution in [0.1, 0.15) is 54.4 Å². The molecule has 0 saturated heterocycles. The Morgan fingerprint density at radius 2 is 1.52 bits per heavy atom. The molecule has 31 heavy (non-hydrogen) atoms. The molecule has 3 aromatic carbocycles. The van der Waals surface area contributed by atoms with Gasteiger partial charge in [-0.3, -0.25) is 0 Å². The van der Waals surface area contributed by atoms with Crippen molar-refractivity contribution in [3.8, 4) is 11.1 Å². The maximum Gasteiger partial charge on any atom is 0.159 e. The Kier molecular flexibility index (Phi) is 6.12. The third kappa shape index (κ3) is 4.36. The smallest absolute Gasteiger partial charge is 0.159 e. The number of aryl methyl sites for hydroxylation is 2. The maximum atomic E-state index is 14.8. The summed E-state index contributed by atoms with van der Waals surface area (Å²) in [6.45, 7) is 2.03. The van der Waals surface area contributed by atoms with E-state index in [-0.39, 0.29) is 22.6 Å². The molecule has 0 spiro atoms. The van der Waals surface area contributed by atoms with Gasteiger partial charge in [0.05, 0.1) is 0 Å². The molecule has 0 bridgehead atoms. The molecule has 1 atom stereocenters. The maximum absolute atomic E-state index is 14.8. The van der Waals surface area contributed by atoms with E-state index in [4.69, 9.17) is 0 Å². The van der Waals surface area contributed by atoms with Crippen molar-refractivity contribution in [1.29, 1.82) is 0 Å². The molecule has 5 heteroatoms. The second-order valence-corrected chi connectivity index (χ2v) is 8.25. The van der Waals surface area contributed by atoms with E-state index < -0.39 is 29.1 Å². The predicted molar refractivity (Wildman–Crippen MR) is 111 cm³/mol. The van der Waals surface area contributed by atoms with Crippen LogP contribution in [-0.2, 0) is 19.3 Å². The first kappa shape index (κ1) is 21.5. The van der Waals surface area contributed by atoms with Gasteiger partial charge in [0.2, 0.25) is 0 Å². The van der Waals surface area contributed by atoms with Crippen LogP contribution in [-0.4, -0.2) is 0 Å². The third-order valence-corrected chi connectivity index (χ3v) is 6.11. The molecule has 3 aromatic rings. The van der Waals surface area contributed by atoms with Gasteiger partial charge in [0.15, 0.2) is 11.6 Å². The van der Waals surface area contributed by atoms with Gasteiger partial charge in [0, 0.05) is 11.1 Å². The summed E-state index contributed by atoms with van der Waals surface area (Å²) < 4.78 is 71.1. The highest BCUT2D eigenvalue weighted by molar-refractivity contribution is 5.66. The molecule has 0 aromatic heterocycles. The molecule has 0 N–H and O–H groups in total. The number of hydrogen-bond acceptors (Lipinski definition) is 0. The highest BCUT2D eigenvalue weighted by atomic mass is 19.2. The Morgan fingerprint density at radius 3 is 2.19 bits per heavy atom. The summed E-state index contributed by atoms with van der Waals surface area (Å²) in [6, 6.07) is 9.08. The van der Waals surface area contributed by atoms with Crippen LogP contribution in [0, 0.1) is 29.1 Å². The van der Waals surface area contributed by atoms with Crippen LogP contribution in [0.15, 0.2) is 42.5 Å². The molecule has 0 aliphatic heterocycles. The largest absolute Gasteiger partial charge is 0.207 e. The van der Waals surface area contributed by atoms with E-state index >= 15 is 0 Å². The van der Waals surface area contributed by atoms with Gasteiger partial charge >= 0.3 is 0 Å². The zero-order valence-electron chi connectivity index (χ0n) is 17.3. The fourth-order valence-electron chi connectivity index (χ4n) is 4.46. The molecule has 0 fully saturated rings. The first-order chi connectivity index (χ1) is 14.9. The van der Waals surface area contributed by atoms with Crippen LogP contribution >= 0.6 is 0 Å². The number of benzene rings is 3. The van der Waals surface area contributed by atoms with E-state index in [0.717, 1.165) is 30.5 Å². The summed E-state index contributed by atoms with van der Waals surface area (Å²) in [6.07, 6.45) is 3.82. The van der Waals surface area contributed by atoms with Crippen LogP contribution in [0.5, 0.6) is 0 Å². The standard InChI is InChI=1S/C26H23F5/c1-2-3-4-15-9-24(30)26(25(31)10-15)18-6-5-16-12-20(22(28)14-19(16)11-18)17-7-8-21(27)23(29)13-17/h7-10,12-14,18H,2-6,11H2,1H3. The van der Waals surface area contributed by atoms with E-state index in [2.05, 4.69) is 0 Å². The van der Waals surface area contributed by atoms with Crippen LogP contribution < -0.4 is 0 Å². The molecule has 1 aliphatic rings. The molecule has 1 unspecified atom stereocenters. The van der Waals surface area contributed by atoms with Crippen molar-refractivity contribution in [1.82, 2.24) is 0 Å². The van der Waals surface area contributed by atoms with Crippen molar-refractivity contribution in [3.05, 3.63) is 93.8 Å². The molecular formula is C26H23F5. The number of rotatable bonds is 5. The van der Waals surface area contributed by atoms with Crippen molar-refractivity contribution >= 4 is 0 Å². The second-order valence-electron chi connectivity index (χ2n) is 8.25. The summed E-state index contributed by atoms with van der Waals surface area (Å²) in [4.78, 5) is 0. The molecule has 0 heterocycles. The molecule has 4 rings (SSSR count). The lowest BCUT2D eigenvalue weighted by Crippen LogP contribution is -2.16. The van der Waals surface area contributed by atoms with Gasteiger partial charge in [-0.05, 0) is 96.7 Å². The Morgan fingerprint density at radius 1 is 0.774 bits per heavy atom. The van der Waals surface area contributed by atoms with Gasteiger partial charge in [0.25, 0.3) is 0 Å². The molecule has 162 valence electrons. The van der Waals surface area contributed by atoms with Crippen molar-refractivity contribution in [2.45, 2.75) is 51.4 Å². The molecule has 0 saturated carbocycles. The van der Waals surface area contributed by atoms with Gasteiger partial charge in [-0.15, -0.1) is 0 Å². The Bertz CT molecular complexity index is 1100. The van der Waals surface area contributed by atoms with Gasteiger partial charge in [-0.25, -0.2) is 22.0 Å². The molecule has 0 radical (unpaired) electrons. The van der Waals surface area contributed by atoms with Crippen LogP contribution in [0.3, 0.4) is 0 Å². The first-order valence-corrected chi connectivity index (χ1v) is 10.6. The fourth-order valence-corrected chi connectivity index (χ4v) is 4.46. The first-order valence-electron chi connectivity index (χ1n) is 10.6. The van der Waals surface area contributed by atoms with Gasteiger partial charge in [-0.2, -0.15) is 0 Å².